The van der Waals surface area contributed by atoms with Gasteiger partial charge in [-0.2, -0.15) is 0 Å². The molecule has 1 heterocycles. The number of hydrogen-bond donors (Lipinski definition) is 1. The lowest BCUT2D eigenvalue weighted by Crippen LogP contribution is -2.08. The van der Waals surface area contributed by atoms with Gasteiger partial charge in [0.15, 0.2) is 17.2 Å². The number of nitrogens with zero attached hydrogens (tertiary/aromatic N) is 1. The molecule has 0 radical (unpaired) electrons. The van der Waals surface area contributed by atoms with E-state index in [1.807, 2.05) is 24.3 Å². The predicted octanol–water partition coefficient (Wildman–Crippen LogP) is 1.91. The topological polar surface area (TPSA) is 77.3 Å². The van der Waals surface area contributed by atoms with Crippen molar-refractivity contribution in [2.45, 2.75) is 6.92 Å². The summed E-state index contributed by atoms with van der Waals surface area (Å²) >= 11 is 0. The van der Waals surface area contributed by atoms with Crippen LogP contribution in [0.25, 0.3) is 6.08 Å². The minimum absolute atomic E-state index is 0.0866. The predicted molar refractivity (Wildman–Crippen MR) is 68.3 cm³/mol. The van der Waals surface area contributed by atoms with E-state index in [9.17, 15) is 4.79 Å². The Morgan fingerprint density at radius 1 is 1.47 bits per heavy atom. The van der Waals surface area contributed by atoms with E-state index in [1.165, 1.54) is 6.92 Å². The van der Waals surface area contributed by atoms with Crippen molar-refractivity contribution < 1.29 is 24.2 Å². The summed E-state index contributed by atoms with van der Waals surface area (Å²) in [7, 11) is 0. The fourth-order valence-electron chi connectivity index (χ4n) is 1.42. The molecule has 0 fully saturated rings. The highest BCUT2D eigenvalue weighted by atomic mass is 16.7. The van der Waals surface area contributed by atoms with Gasteiger partial charge < -0.3 is 19.4 Å². The zero-order chi connectivity index (χ0) is 13.7. The van der Waals surface area contributed by atoms with Crippen molar-refractivity contribution in [3.8, 4) is 11.5 Å². The first-order valence-corrected chi connectivity index (χ1v) is 5.63. The molecule has 6 heteroatoms. The molecule has 0 saturated heterocycles. The van der Waals surface area contributed by atoms with Gasteiger partial charge in [-0.25, -0.2) is 4.79 Å². The van der Waals surface area contributed by atoms with Gasteiger partial charge in [0.1, 0.15) is 6.61 Å². The van der Waals surface area contributed by atoms with Gasteiger partial charge in [-0.05, 0) is 30.7 Å². The number of carboxylic acid groups (broad SMARTS) is 1. The SMILES string of the molecule is C/C(=N/OC/C=C/c1ccc2c(c1)OCO2)C(=O)O. The molecule has 1 aliphatic heterocycles. The summed E-state index contributed by atoms with van der Waals surface area (Å²) < 4.78 is 10.5. The van der Waals surface area contributed by atoms with Gasteiger partial charge in [-0.3, -0.25) is 0 Å². The second-order valence-corrected chi connectivity index (χ2v) is 3.79. The summed E-state index contributed by atoms with van der Waals surface area (Å²) in [6, 6.07) is 5.57. The van der Waals surface area contributed by atoms with E-state index >= 15 is 0 Å². The first kappa shape index (κ1) is 12.9. The van der Waals surface area contributed by atoms with Gasteiger partial charge in [0.05, 0.1) is 0 Å². The van der Waals surface area contributed by atoms with Crippen LogP contribution in [0.15, 0.2) is 29.4 Å². The highest BCUT2D eigenvalue weighted by Gasteiger charge is 2.11. The number of oxime groups is 1. The number of fused-ring (bicyclic) bond motifs is 1. The molecule has 0 unspecified atom stereocenters. The van der Waals surface area contributed by atoms with Crippen molar-refractivity contribution in [2.75, 3.05) is 13.4 Å². The van der Waals surface area contributed by atoms with Crippen molar-refractivity contribution >= 4 is 17.8 Å². The third kappa shape index (κ3) is 3.48. The molecular weight excluding hydrogens is 250 g/mol. The van der Waals surface area contributed by atoms with Crippen LogP contribution in [0.1, 0.15) is 12.5 Å². The number of hydrogen-bond acceptors (Lipinski definition) is 5. The Morgan fingerprint density at radius 2 is 2.26 bits per heavy atom. The summed E-state index contributed by atoms with van der Waals surface area (Å²) in [6.45, 7) is 1.80. The fraction of sp³-hybridized carbons (Fsp3) is 0.231. The molecule has 1 aromatic carbocycles. The molecule has 6 nitrogen and oxygen atoms in total. The lowest BCUT2D eigenvalue weighted by molar-refractivity contribution is -0.129. The van der Waals surface area contributed by atoms with E-state index in [0.29, 0.717) is 5.75 Å². The molecular formula is C13H13NO5. The number of carboxylic acids is 1. The van der Waals surface area contributed by atoms with Crippen LogP contribution in [-0.4, -0.2) is 30.2 Å². The molecule has 0 amide bonds. The monoisotopic (exact) mass is 263 g/mol. The zero-order valence-electron chi connectivity index (χ0n) is 10.3. The van der Waals surface area contributed by atoms with Gasteiger partial charge in [0.2, 0.25) is 6.79 Å². The van der Waals surface area contributed by atoms with Crippen LogP contribution in [0, 0.1) is 0 Å². The number of benzene rings is 1. The van der Waals surface area contributed by atoms with E-state index in [0.717, 1.165) is 11.3 Å². The van der Waals surface area contributed by atoms with Crippen molar-refractivity contribution in [1.82, 2.24) is 0 Å². The average molecular weight is 263 g/mol. The molecule has 1 N–H and O–H groups in total. The Hall–Kier alpha value is -2.50. The number of ether oxygens (including phenoxy) is 2. The molecule has 0 aliphatic carbocycles. The normalized spacial score (nSPS) is 13.8. The van der Waals surface area contributed by atoms with E-state index in [1.54, 1.807) is 6.08 Å². The minimum atomic E-state index is -1.10. The maximum atomic E-state index is 10.4. The molecule has 0 aromatic heterocycles. The van der Waals surface area contributed by atoms with Crippen LogP contribution < -0.4 is 9.47 Å². The van der Waals surface area contributed by atoms with Crippen LogP contribution in [0.5, 0.6) is 11.5 Å². The third-order valence-electron chi connectivity index (χ3n) is 2.39. The Morgan fingerprint density at radius 3 is 3.05 bits per heavy atom. The summed E-state index contributed by atoms with van der Waals surface area (Å²) in [4.78, 5) is 15.3. The van der Waals surface area contributed by atoms with Gasteiger partial charge in [-0.1, -0.05) is 17.3 Å². The van der Waals surface area contributed by atoms with Gasteiger partial charge >= 0.3 is 5.97 Å². The van der Waals surface area contributed by atoms with Crippen LogP contribution in [0.4, 0.5) is 0 Å². The fourth-order valence-corrected chi connectivity index (χ4v) is 1.42. The summed E-state index contributed by atoms with van der Waals surface area (Å²) in [6.07, 6.45) is 3.56. The zero-order valence-corrected chi connectivity index (χ0v) is 10.3. The Kier molecular flexibility index (Phi) is 4.02. The third-order valence-corrected chi connectivity index (χ3v) is 2.39. The number of rotatable bonds is 5. The number of aliphatic carboxylic acids is 1. The maximum Gasteiger partial charge on any atom is 0.353 e. The van der Waals surface area contributed by atoms with E-state index in [-0.39, 0.29) is 19.1 Å². The molecule has 19 heavy (non-hydrogen) atoms. The van der Waals surface area contributed by atoms with E-state index < -0.39 is 5.97 Å². The van der Waals surface area contributed by atoms with E-state index in [4.69, 9.17) is 19.4 Å². The minimum Gasteiger partial charge on any atom is -0.477 e. The highest BCUT2D eigenvalue weighted by molar-refractivity contribution is 6.34. The first-order valence-electron chi connectivity index (χ1n) is 5.63. The van der Waals surface area contributed by atoms with Crippen molar-refractivity contribution in [2.24, 2.45) is 5.16 Å². The molecule has 0 atom stereocenters. The molecule has 100 valence electrons. The molecule has 2 rings (SSSR count). The second-order valence-electron chi connectivity index (χ2n) is 3.79. The largest absolute Gasteiger partial charge is 0.477 e. The standard InChI is InChI=1S/C13H13NO5/c1-9(13(15)16)14-19-6-2-3-10-4-5-11-12(7-10)18-8-17-11/h2-5,7H,6,8H2,1H3,(H,15,16)/b3-2+,14-9-. The summed E-state index contributed by atoms with van der Waals surface area (Å²) in [5, 5.41) is 12.0. The van der Waals surface area contributed by atoms with Crippen LogP contribution >= 0.6 is 0 Å². The summed E-state index contributed by atoms with van der Waals surface area (Å²) in [5.41, 5.74) is 0.850. The average Bonchev–Trinajstić information content (AvgIpc) is 2.85. The maximum absolute atomic E-state index is 10.4. The van der Waals surface area contributed by atoms with Crippen molar-refractivity contribution in [3.63, 3.8) is 0 Å². The molecule has 1 aromatic rings. The molecule has 0 saturated carbocycles. The second kappa shape index (κ2) is 5.90. The quantitative estimate of drug-likeness (QED) is 0.498. The Balaban J connectivity index is 1.86. The van der Waals surface area contributed by atoms with Crippen LogP contribution in [-0.2, 0) is 9.63 Å². The van der Waals surface area contributed by atoms with Crippen LogP contribution in [0.3, 0.4) is 0 Å². The first-order chi connectivity index (χ1) is 9.16. The number of carbonyl (C=O) groups is 1. The summed E-state index contributed by atoms with van der Waals surface area (Å²) in [5.74, 6) is 0.345. The van der Waals surface area contributed by atoms with Crippen molar-refractivity contribution in [3.05, 3.63) is 29.8 Å². The highest BCUT2D eigenvalue weighted by Crippen LogP contribution is 2.32. The van der Waals surface area contributed by atoms with Gasteiger partial charge in [-0.15, -0.1) is 0 Å². The van der Waals surface area contributed by atoms with E-state index in [2.05, 4.69) is 5.16 Å². The van der Waals surface area contributed by atoms with Gasteiger partial charge in [0, 0.05) is 0 Å². The van der Waals surface area contributed by atoms with Crippen LogP contribution in [0.2, 0.25) is 0 Å². The Labute approximate surface area is 109 Å². The molecule has 0 spiro atoms. The molecule has 1 aliphatic rings. The molecule has 0 bridgehead atoms. The lowest BCUT2D eigenvalue weighted by Gasteiger charge is -1.98. The van der Waals surface area contributed by atoms with Gasteiger partial charge in [0.25, 0.3) is 0 Å². The smallest absolute Gasteiger partial charge is 0.353 e. The lowest BCUT2D eigenvalue weighted by atomic mass is 10.2. The Bertz CT molecular complexity index is 536. The van der Waals surface area contributed by atoms with Crippen molar-refractivity contribution in [1.29, 1.82) is 0 Å².